The lowest BCUT2D eigenvalue weighted by Crippen LogP contribution is -2.00. The number of carboxylic acid groups (broad SMARTS) is 1. The first-order chi connectivity index (χ1) is 8.97. The second-order valence-electron chi connectivity index (χ2n) is 4.41. The third kappa shape index (κ3) is 2.85. The van der Waals surface area contributed by atoms with E-state index in [0.717, 1.165) is 0 Å². The third-order valence-corrected chi connectivity index (χ3v) is 2.59. The number of hydrogen-bond acceptors (Lipinski definition) is 4. The smallest absolute Gasteiger partial charge is 0.335 e. The molecule has 0 aliphatic rings. The number of hydrogen-bond donors (Lipinski definition) is 2. The van der Waals surface area contributed by atoms with Gasteiger partial charge in [-0.15, -0.1) is 0 Å². The summed E-state index contributed by atoms with van der Waals surface area (Å²) < 4.78 is 7.33. The number of rotatable bonds is 4. The van der Waals surface area contributed by atoms with Crippen LogP contribution in [0.5, 0.6) is 11.5 Å². The van der Waals surface area contributed by atoms with E-state index < -0.39 is 5.97 Å². The summed E-state index contributed by atoms with van der Waals surface area (Å²) in [4.78, 5) is 10.8. The number of aromatic carboxylic acids is 1. The summed E-state index contributed by atoms with van der Waals surface area (Å²) in [6.07, 6.45) is 3.35. The predicted octanol–water partition coefficient (Wildman–Crippen LogP) is 2.54. The molecule has 0 unspecified atom stereocenters. The van der Waals surface area contributed by atoms with Crippen molar-refractivity contribution >= 4 is 11.7 Å². The van der Waals surface area contributed by atoms with Crippen LogP contribution in [-0.2, 0) is 0 Å². The molecule has 0 aliphatic carbocycles. The molecule has 0 radical (unpaired) electrons. The molecule has 2 aromatic rings. The van der Waals surface area contributed by atoms with Crippen LogP contribution in [0, 0.1) is 0 Å². The summed E-state index contributed by atoms with van der Waals surface area (Å²) in [6.45, 7) is 4.01. The van der Waals surface area contributed by atoms with Crippen molar-refractivity contribution < 1.29 is 14.6 Å². The molecule has 0 amide bonds. The minimum Gasteiger partial charge on any atom is -0.478 e. The minimum absolute atomic E-state index is 0.128. The van der Waals surface area contributed by atoms with Gasteiger partial charge in [-0.2, -0.15) is 5.10 Å². The Hall–Kier alpha value is -2.50. The molecular formula is C13H15N3O3. The molecule has 6 heteroatoms. The van der Waals surface area contributed by atoms with Gasteiger partial charge in [0.2, 0.25) is 0 Å². The van der Waals surface area contributed by atoms with Crippen LogP contribution in [0.15, 0.2) is 30.6 Å². The van der Waals surface area contributed by atoms with Crippen LogP contribution in [0.4, 0.5) is 5.69 Å². The molecule has 100 valence electrons. The second kappa shape index (κ2) is 5.01. The Morgan fingerprint density at radius 2 is 2.21 bits per heavy atom. The fraction of sp³-hybridized carbons (Fsp3) is 0.231. The van der Waals surface area contributed by atoms with Crippen molar-refractivity contribution in [2.75, 3.05) is 5.73 Å². The van der Waals surface area contributed by atoms with E-state index in [-0.39, 0.29) is 17.3 Å². The van der Waals surface area contributed by atoms with Crippen molar-refractivity contribution in [3.63, 3.8) is 0 Å². The summed E-state index contributed by atoms with van der Waals surface area (Å²) in [7, 11) is 0. The normalized spacial score (nSPS) is 10.7. The first-order valence-corrected chi connectivity index (χ1v) is 5.82. The summed E-state index contributed by atoms with van der Waals surface area (Å²) in [5.41, 5.74) is 6.16. The number of carboxylic acids is 1. The Labute approximate surface area is 110 Å². The van der Waals surface area contributed by atoms with E-state index in [9.17, 15) is 4.79 Å². The Morgan fingerprint density at radius 1 is 1.47 bits per heavy atom. The highest BCUT2D eigenvalue weighted by Gasteiger charge is 2.09. The van der Waals surface area contributed by atoms with Crippen molar-refractivity contribution in [2.45, 2.75) is 19.9 Å². The quantitative estimate of drug-likeness (QED) is 0.825. The van der Waals surface area contributed by atoms with Gasteiger partial charge in [0.05, 0.1) is 23.6 Å². The highest BCUT2D eigenvalue weighted by atomic mass is 16.5. The zero-order chi connectivity index (χ0) is 14.0. The topological polar surface area (TPSA) is 90.4 Å². The molecule has 0 spiro atoms. The number of anilines is 1. The van der Waals surface area contributed by atoms with Crippen LogP contribution in [-0.4, -0.2) is 20.9 Å². The van der Waals surface area contributed by atoms with E-state index in [1.54, 1.807) is 17.1 Å². The zero-order valence-corrected chi connectivity index (χ0v) is 10.7. The molecule has 0 saturated carbocycles. The van der Waals surface area contributed by atoms with Crippen LogP contribution in [0.3, 0.4) is 0 Å². The molecule has 0 atom stereocenters. The highest BCUT2D eigenvalue weighted by molar-refractivity contribution is 5.89. The van der Waals surface area contributed by atoms with Crippen molar-refractivity contribution in [3.8, 4) is 11.5 Å². The minimum atomic E-state index is -1.02. The van der Waals surface area contributed by atoms with Crippen molar-refractivity contribution in [1.82, 2.24) is 9.78 Å². The van der Waals surface area contributed by atoms with Gasteiger partial charge >= 0.3 is 5.97 Å². The molecule has 6 nitrogen and oxygen atoms in total. The molecular weight excluding hydrogens is 246 g/mol. The summed E-state index contributed by atoms with van der Waals surface area (Å²) in [5, 5.41) is 13.0. The van der Waals surface area contributed by atoms with Gasteiger partial charge in [-0.1, -0.05) is 0 Å². The van der Waals surface area contributed by atoms with E-state index in [1.807, 2.05) is 13.8 Å². The van der Waals surface area contributed by atoms with Crippen LogP contribution in [0.25, 0.3) is 0 Å². The Balaban J connectivity index is 2.20. The number of benzene rings is 1. The molecule has 1 aromatic carbocycles. The molecule has 19 heavy (non-hydrogen) atoms. The summed E-state index contributed by atoms with van der Waals surface area (Å²) >= 11 is 0. The second-order valence-corrected chi connectivity index (χ2v) is 4.41. The number of aromatic nitrogens is 2. The van der Waals surface area contributed by atoms with E-state index in [2.05, 4.69) is 5.10 Å². The van der Waals surface area contributed by atoms with E-state index >= 15 is 0 Å². The first-order valence-electron chi connectivity index (χ1n) is 5.82. The van der Waals surface area contributed by atoms with Crippen LogP contribution >= 0.6 is 0 Å². The fourth-order valence-corrected chi connectivity index (χ4v) is 1.56. The number of ether oxygens (including phenoxy) is 1. The van der Waals surface area contributed by atoms with Crippen molar-refractivity contribution in [1.29, 1.82) is 0 Å². The van der Waals surface area contributed by atoms with Gasteiger partial charge in [0, 0.05) is 6.04 Å². The summed E-state index contributed by atoms with van der Waals surface area (Å²) in [5.74, 6) is -0.0531. The standard InChI is InChI=1S/C13H15N3O3/c1-8(2)16-7-10(6-15-16)19-12-4-3-9(13(17)18)5-11(12)14/h3-8H,14H2,1-2H3,(H,17,18). The van der Waals surface area contributed by atoms with Gasteiger partial charge in [-0.3, -0.25) is 4.68 Å². The van der Waals surface area contributed by atoms with E-state index in [4.69, 9.17) is 15.6 Å². The van der Waals surface area contributed by atoms with Gasteiger partial charge < -0.3 is 15.6 Å². The highest BCUT2D eigenvalue weighted by Crippen LogP contribution is 2.28. The largest absolute Gasteiger partial charge is 0.478 e. The van der Waals surface area contributed by atoms with Crippen LogP contribution in [0.1, 0.15) is 30.2 Å². The van der Waals surface area contributed by atoms with E-state index in [0.29, 0.717) is 11.5 Å². The average Bonchev–Trinajstić information content (AvgIpc) is 2.80. The van der Waals surface area contributed by atoms with Gasteiger partial charge in [0.25, 0.3) is 0 Å². The number of nitrogens with zero attached hydrogens (tertiary/aromatic N) is 2. The third-order valence-electron chi connectivity index (χ3n) is 2.59. The maximum absolute atomic E-state index is 10.8. The molecule has 0 aliphatic heterocycles. The van der Waals surface area contributed by atoms with Crippen LogP contribution in [0.2, 0.25) is 0 Å². The number of carbonyl (C=O) groups is 1. The monoisotopic (exact) mass is 261 g/mol. The molecule has 1 heterocycles. The van der Waals surface area contributed by atoms with Gasteiger partial charge in [-0.05, 0) is 32.0 Å². The molecule has 0 bridgehead atoms. The van der Waals surface area contributed by atoms with Crippen molar-refractivity contribution in [2.24, 2.45) is 0 Å². The zero-order valence-electron chi connectivity index (χ0n) is 10.7. The number of nitrogens with two attached hydrogens (primary N) is 1. The first kappa shape index (κ1) is 12.9. The molecule has 2 rings (SSSR count). The van der Waals surface area contributed by atoms with Gasteiger partial charge in [0.1, 0.15) is 0 Å². The maximum Gasteiger partial charge on any atom is 0.335 e. The van der Waals surface area contributed by atoms with Crippen molar-refractivity contribution in [3.05, 3.63) is 36.2 Å². The van der Waals surface area contributed by atoms with Gasteiger partial charge in [-0.25, -0.2) is 4.79 Å². The Kier molecular flexibility index (Phi) is 3.41. The summed E-state index contributed by atoms with van der Waals surface area (Å²) in [6, 6.07) is 4.58. The Morgan fingerprint density at radius 3 is 2.74 bits per heavy atom. The number of nitrogen functional groups attached to an aromatic ring is 1. The fourth-order valence-electron chi connectivity index (χ4n) is 1.56. The van der Waals surface area contributed by atoms with Gasteiger partial charge in [0.15, 0.2) is 11.5 Å². The van der Waals surface area contributed by atoms with Crippen LogP contribution < -0.4 is 10.5 Å². The average molecular weight is 261 g/mol. The lowest BCUT2D eigenvalue weighted by Gasteiger charge is -2.07. The maximum atomic E-state index is 10.8. The Bertz CT molecular complexity index is 605. The molecule has 0 saturated heterocycles. The van der Waals surface area contributed by atoms with E-state index in [1.165, 1.54) is 18.2 Å². The lowest BCUT2D eigenvalue weighted by atomic mass is 10.2. The lowest BCUT2D eigenvalue weighted by molar-refractivity contribution is 0.0697. The molecule has 0 fully saturated rings. The SMILES string of the molecule is CC(C)n1cc(Oc2ccc(C(=O)O)cc2N)cn1. The molecule has 1 aromatic heterocycles. The predicted molar refractivity (Wildman–Crippen MR) is 70.5 cm³/mol. The molecule has 3 N–H and O–H groups in total.